The second-order valence-electron chi connectivity index (χ2n) is 5.44. The normalized spacial score (nSPS) is 35.8. The van der Waals surface area contributed by atoms with E-state index in [1.54, 1.807) is 25.2 Å². The molecule has 0 radical (unpaired) electrons. The molecular weight excluding hydrogens is 340 g/mol. The van der Waals surface area contributed by atoms with Gasteiger partial charge in [0.05, 0.1) is 16.7 Å². The van der Waals surface area contributed by atoms with Gasteiger partial charge in [0.2, 0.25) is 0 Å². The molecule has 2 fully saturated rings. The molecule has 126 valence electrons. The molecule has 0 spiro atoms. The van der Waals surface area contributed by atoms with Gasteiger partial charge < -0.3 is 20.3 Å². The highest BCUT2D eigenvalue weighted by Crippen LogP contribution is 2.34. The summed E-state index contributed by atoms with van der Waals surface area (Å²) in [6.45, 7) is 0. The number of ether oxygens (including phenoxy) is 1. The van der Waals surface area contributed by atoms with E-state index in [1.807, 2.05) is 0 Å². The van der Waals surface area contributed by atoms with Crippen LogP contribution in [0.1, 0.15) is 0 Å². The fraction of sp³-hybridized carbons (Fsp3) is 0.500. The van der Waals surface area contributed by atoms with Gasteiger partial charge in [-0.1, -0.05) is 30.0 Å². The maximum atomic E-state index is 12.4. The van der Waals surface area contributed by atoms with E-state index in [4.69, 9.17) is 4.74 Å². The summed E-state index contributed by atoms with van der Waals surface area (Å²) in [6.07, 6.45) is -3.42. The molecule has 1 aromatic rings. The van der Waals surface area contributed by atoms with Gasteiger partial charge in [-0.3, -0.25) is 4.99 Å². The molecule has 0 amide bonds. The highest BCUT2D eigenvalue weighted by atomic mass is 32.2. The maximum absolute atomic E-state index is 12.4. The molecule has 3 rings (SSSR count). The van der Waals surface area contributed by atoms with E-state index >= 15 is 0 Å². The van der Waals surface area contributed by atoms with Crippen molar-refractivity contribution in [3.05, 3.63) is 30.3 Å². The van der Waals surface area contributed by atoms with Gasteiger partial charge in [0.15, 0.2) is 15.0 Å². The van der Waals surface area contributed by atoms with Gasteiger partial charge in [-0.05, 0) is 12.1 Å². The monoisotopic (exact) mass is 358 g/mol. The molecule has 23 heavy (non-hydrogen) atoms. The first-order valence-corrected chi connectivity index (χ1v) is 9.65. The Bertz CT molecular complexity index is 694. The van der Waals surface area contributed by atoms with Crippen LogP contribution in [0.4, 0.5) is 0 Å². The van der Waals surface area contributed by atoms with Crippen molar-refractivity contribution in [2.75, 3.05) is 12.8 Å². The topological polar surface area (TPSA) is 108 Å². The third-order valence-electron chi connectivity index (χ3n) is 3.91. The second kappa shape index (κ2) is 6.40. The SMILES string of the molecule is CN=C1NC2C(OC(CS(=O)(=O)c3ccccc3)C(O)C2O)S1. The van der Waals surface area contributed by atoms with Gasteiger partial charge in [-0.25, -0.2) is 8.42 Å². The molecule has 0 aromatic heterocycles. The van der Waals surface area contributed by atoms with Gasteiger partial charge in [0.25, 0.3) is 0 Å². The summed E-state index contributed by atoms with van der Waals surface area (Å²) >= 11 is 1.28. The van der Waals surface area contributed by atoms with Crippen molar-refractivity contribution >= 4 is 26.8 Å². The third-order valence-corrected chi connectivity index (χ3v) is 6.83. The number of aliphatic imine (C=N–C) groups is 1. The highest BCUT2D eigenvalue weighted by Gasteiger charge is 2.49. The minimum absolute atomic E-state index is 0.167. The number of hydrogen-bond acceptors (Lipinski definition) is 7. The summed E-state index contributed by atoms with van der Waals surface area (Å²) in [4.78, 5) is 4.16. The molecule has 9 heteroatoms. The minimum atomic E-state index is -3.62. The summed E-state index contributed by atoms with van der Waals surface area (Å²) in [5.41, 5.74) is -0.483. The van der Waals surface area contributed by atoms with Crippen molar-refractivity contribution in [2.45, 2.75) is 34.7 Å². The van der Waals surface area contributed by atoms with Gasteiger partial charge in [-0.15, -0.1) is 0 Å². The number of benzene rings is 1. The lowest BCUT2D eigenvalue weighted by atomic mass is 9.99. The Kier molecular flexibility index (Phi) is 4.65. The molecule has 0 bridgehead atoms. The Balaban J connectivity index is 1.79. The van der Waals surface area contributed by atoms with E-state index in [1.165, 1.54) is 23.9 Å². The van der Waals surface area contributed by atoms with E-state index in [0.717, 1.165) is 0 Å². The summed E-state index contributed by atoms with van der Waals surface area (Å²) in [6, 6.07) is 7.48. The van der Waals surface area contributed by atoms with Gasteiger partial charge in [-0.2, -0.15) is 0 Å². The molecule has 0 saturated carbocycles. The van der Waals surface area contributed by atoms with E-state index < -0.39 is 45.4 Å². The average Bonchev–Trinajstić information content (AvgIpc) is 2.96. The zero-order valence-electron chi connectivity index (χ0n) is 12.4. The maximum Gasteiger partial charge on any atom is 0.181 e. The van der Waals surface area contributed by atoms with Crippen molar-refractivity contribution in [3.8, 4) is 0 Å². The van der Waals surface area contributed by atoms with Crippen LogP contribution in [-0.4, -0.2) is 66.4 Å². The number of nitrogens with zero attached hydrogens (tertiary/aromatic N) is 1. The van der Waals surface area contributed by atoms with Crippen molar-refractivity contribution in [3.63, 3.8) is 0 Å². The molecule has 1 aromatic carbocycles. The lowest BCUT2D eigenvalue weighted by molar-refractivity contribution is -0.147. The molecule has 7 nitrogen and oxygen atoms in total. The van der Waals surface area contributed by atoms with E-state index in [-0.39, 0.29) is 4.90 Å². The highest BCUT2D eigenvalue weighted by molar-refractivity contribution is 8.14. The largest absolute Gasteiger partial charge is 0.388 e. The number of fused-ring (bicyclic) bond motifs is 1. The van der Waals surface area contributed by atoms with Crippen LogP contribution in [0.2, 0.25) is 0 Å². The van der Waals surface area contributed by atoms with Crippen molar-refractivity contribution in [1.82, 2.24) is 5.32 Å². The second-order valence-corrected chi connectivity index (χ2v) is 8.56. The quantitative estimate of drug-likeness (QED) is 0.674. The fourth-order valence-corrected chi connectivity index (χ4v) is 5.24. The van der Waals surface area contributed by atoms with Crippen LogP contribution in [0.15, 0.2) is 40.2 Å². The Morgan fingerprint density at radius 2 is 1.96 bits per heavy atom. The number of amidine groups is 1. The number of hydrogen-bond donors (Lipinski definition) is 3. The predicted octanol–water partition coefficient (Wildman–Crippen LogP) is -0.402. The van der Waals surface area contributed by atoms with E-state index in [2.05, 4.69) is 10.3 Å². The van der Waals surface area contributed by atoms with Crippen LogP contribution in [0, 0.1) is 0 Å². The number of rotatable bonds is 3. The first-order chi connectivity index (χ1) is 10.9. The summed E-state index contributed by atoms with van der Waals surface area (Å²) in [7, 11) is -2.02. The van der Waals surface area contributed by atoms with Crippen LogP contribution in [0.5, 0.6) is 0 Å². The summed E-state index contributed by atoms with van der Waals surface area (Å²) in [5, 5.41) is 24.0. The molecule has 3 N–H and O–H groups in total. The van der Waals surface area contributed by atoms with Gasteiger partial charge in [0, 0.05) is 7.05 Å². The molecule has 5 unspecified atom stereocenters. The smallest absolute Gasteiger partial charge is 0.181 e. The van der Waals surface area contributed by atoms with Crippen molar-refractivity contribution in [1.29, 1.82) is 0 Å². The number of nitrogens with one attached hydrogen (secondary N) is 1. The molecular formula is C14H18N2O5S2. The molecule has 2 saturated heterocycles. The zero-order chi connectivity index (χ0) is 16.6. The Morgan fingerprint density at radius 3 is 2.61 bits per heavy atom. The number of thioether (sulfide) groups is 1. The molecule has 2 aliphatic rings. The average molecular weight is 358 g/mol. The molecule has 5 atom stereocenters. The first-order valence-electron chi connectivity index (χ1n) is 7.12. The molecule has 2 aliphatic heterocycles. The molecule has 2 heterocycles. The Morgan fingerprint density at radius 1 is 1.26 bits per heavy atom. The molecule has 0 aliphatic carbocycles. The number of aliphatic hydroxyl groups excluding tert-OH is 2. The standard InChI is InChI=1S/C14H18N2O5S2/c1-15-14-16-10-12(18)11(17)9(21-13(10)22-14)7-23(19,20)8-5-3-2-4-6-8/h2-6,9-13,17-18H,7H2,1H3,(H,15,16). The Labute approximate surface area is 138 Å². The number of sulfone groups is 1. The van der Waals surface area contributed by atoms with Crippen molar-refractivity contribution < 1.29 is 23.4 Å². The third kappa shape index (κ3) is 3.24. The fourth-order valence-electron chi connectivity index (χ4n) is 2.67. The predicted molar refractivity (Wildman–Crippen MR) is 87.0 cm³/mol. The van der Waals surface area contributed by atoms with Gasteiger partial charge in [0.1, 0.15) is 23.7 Å². The Hall–Kier alpha value is -1.13. The van der Waals surface area contributed by atoms with E-state index in [0.29, 0.717) is 5.17 Å². The first kappa shape index (κ1) is 16.7. The lowest BCUT2D eigenvalue weighted by Gasteiger charge is -2.38. The summed E-state index contributed by atoms with van der Waals surface area (Å²) in [5.74, 6) is -0.391. The van der Waals surface area contributed by atoms with Crippen LogP contribution < -0.4 is 5.32 Å². The van der Waals surface area contributed by atoms with Crippen LogP contribution >= 0.6 is 11.8 Å². The van der Waals surface area contributed by atoms with Crippen LogP contribution in [0.3, 0.4) is 0 Å². The van der Waals surface area contributed by atoms with E-state index in [9.17, 15) is 18.6 Å². The lowest BCUT2D eigenvalue weighted by Crippen LogP contribution is -2.60. The number of aliphatic hydroxyl groups is 2. The minimum Gasteiger partial charge on any atom is -0.388 e. The van der Waals surface area contributed by atoms with Crippen molar-refractivity contribution in [2.24, 2.45) is 4.99 Å². The van der Waals surface area contributed by atoms with Crippen LogP contribution in [-0.2, 0) is 14.6 Å². The van der Waals surface area contributed by atoms with Crippen LogP contribution in [0.25, 0.3) is 0 Å². The summed E-state index contributed by atoms with van der Waals surface area (Å²) < 4.78 is 30.6. The van der Waals surface area contributed by atoms with Gasteiger partial charge >= 0.3 is 0 Å². The zero-order valence-corrected chi connectivity index (χ0v) is 14.0.